The van der Waals surface area contributed by atoms with E-state index < -0.39 is 6.10 Å². The van der Waals surface area contributed by atoms with Gasteiger partial charge in [0.05, 0.1) is 12.7 Å². The fraction of sp³-hybridized carbons (Fsp3) is 0.737. The second-order valence-corrected chi connectivity index (χ2v) is 12.1. The second-order valence-electron chi connectivity index (χ2n) is 12.1. The molecule has 0 aromatic heterocycles. The SMILES string of the molecule is CCC(C)CCCCCCCCCCC(=O)OC[C@H](CO)OC(=O)CCC/C=C\C/C=C\C/C=C\C/C=C\CCC[C@H](C)O. The van der Waals surface area contributed by atoms with Crippen molar-refractivity contribution in [2.75, 3.05) is 13.2 Å². The van der Waals surface area contributed by atoms with Gasteiger partial charge in [-0.1, -0.05) is 120 Å². The molecule has 6 nitrogen and oxygen atoms in total. The van der Waals surface area contributed by atoms with E-state index in [1.165, 1.54) is 44.9 Å². The summed E-state index contributed by atoms with van der Waals surface area (Å²) in [5.74, 6) is 0.171. The average Bonchev–Trinajstić information content (AvgIpc) is 3.01. The van der Waals surface area contributed by atoms with Crippen LogP contribution in [0.15, 0.2) is 48.6 Å². The third-order valence-corrected chi connectivity index (χ3v) is 7.68. The zero-order valence-corrected chi connectivity index (χ0v) is 28.4. The molecule has 0 radical (unpaired) electrons. The van der Waals surface area contributed by atoms with E-state index in [2.05, 4.69) is 62.5 Å². The molecule has 0 bridgehead atoms. The van der Waals surface area contributed by atoms with Crippen molar-refractivity contribution in [1.29, 1.82) is 0 Å². The molecule has 1 unspecified atom stereocenters. The number of hydrogen-bond donors (Lipinski definition) is 2. The molecule has 0 aromatic rings. The van der Waals surface area contributed by atoms with E-state index in [4.69, 9.17) is 9.47 Å². The molecule has 3 atom stereocenters. The first-order chi connectivity index (χ1) is 21.4. The summed E-state index contributed by atoms with van der Waals surface area (Å²) >= 11 is 0. The summed E-state index contributed by atoms with van der Waals surface area (Å²) in [7, 11) is 0. The lowest BCUT2D eigenvalue weighted by Gasteiger charge is -2.15. The van der Waals surface area contributed by atoms with Crippen LogP contribution < -0.4 is 0 Å². The van der Waals surface area contributed by atoms with Crippen LogP contribution in [0.25, 0.3) is 0 Å². The first-order valence-electron chi connectivity index (χ1n) is 17.6. The van der Waals surface area contributed by atoms with Crippen LogP contribution in [0.1, 0.15) is 149 Å². The zero-order valence-electron chi connectivity index (χ0n) is 28.4. The highest BCUT2D eigenvalue weighted by atomic mass is 16.6. The van der Waals surface area contributed by atoms with E-state index in [9.17, 15) is 19.8 Å². The molecule has 0 amide bonds. The first-order valence-corrected chi connectivity index (χ1v) is 17.6. The number of allylic oxidation sites excluding steroid dienone is 8. The fourth-order valence-electron chi connectivity index (χ4n) is 4.60. The minimum Gasteiger partial charge on any atom is -0.462 e. The van der Waals surface area contributed by atoms with Crippen LogP contribution in [0, 0.1) is 5.92 Å². The summed E-state index contributed by atoms with van der Waals surface area (Å²) in [4.78, 5) is 24.1. The fourth-order valence-corrected chi connectivity index (χ4v) is 4.60. The smallest absolute Gasteiger partial charge is 0.306 e. The Labute approximate surface area is 270 Å². The van der Waals surface area contributed by atoms with E-state index >= 15 is 0 Å². The van der Waals surface area contributed by atoms with Gasteiger partial charge in [-0.25, -0.2) is 0 Å². The van der Waals surface area contributed by atoms with E-state index in [-0.39, 0.29) is 37.7 Å². The second kappa shape index (κ2) is 32.2. The van der Waals surface area contributed by atoms with Crippen molar-refractivity contribution in [2.24, 2.45) is 5.92 Å². The predicted molar refractivity (Wildman–Crippen MR) is 183 cm³/mol. The van der Waals surface area contributed by atoms with Crippen molar-refractivity contribution < 1.29 is 29.3 Å². The zero-order chi connectivity index (χ0) is 32.5. The van der Waals surface area contributed by atoms with Crippen LogP contribution in [0.4, 0.5) is 0 Å². The Balaban J connectivity index is 3.73. The molecule has 0 spiro atoms. The van der Waals surface area contributed by atoms with Gasteiger partial charge in [0.25, 0.3) is 0 Å². The van der Waals surface area contributed by atoms with E-state index in [0.29, 0.717) is 12.8 Å². The number of ether oxygens (including phenoxy) is 2. The predicted octanol–water partition coefficient (Wildman–Crippen LogP) is 9.50. The Hall–Kier alpha value is -2.18. The molecule has 0 saturated heterocycles. The molecular weight excluding hydrogens is 552 g/mol. The number of aliphatic hydroxyl groups excluding tert-OH is 2. The Bertz CT molecular complexity index is 782. The largest absolute Gasteiger partial charge is 0.462 e. The van der Waals surface area contributed by atoms with E-state index in [0.717, 1.165) is 70.1 Å². The lowest BCUT2D eigenvalue weighted by molar-refractivity contribution is -0.161. The molecule has 0 aromatic carbocycles. The summed E-state index contributed by atoms with van der Waals surface area (Å²) in [6.07, 6.45) is 35.8. The lowest BCUT2D eigenvalue weighted by atomic mass is 9.99. The van der Waals surface area contributed by atoms with Gasteiger partial charge >= 0.3 is 11.9 Å². The molecular formula is C38H66O6. The Morgan fingerprint density at radius 3 is 1.68 bits per heavy atom. The van der Waals surface area contributed by atoms with Gasteiger partial charge in [0.15, 0.2) is 6.10 Å². The van der Waals surface area contributed by atoms with Gasteiger partial charge in [-0.2, -0.15) is 0 Å². The van der Waals surface area contributed by atoms with Gasteiger partial charge in [0.2, 0.25) is 0 Å². The van der Waals surface area contributed by atoms with Crippen molar-refractivity contribution >= 4 is 11.9 Å². The number of unbranched alkanes of at least 4 members (excludes halogenated alkanes) is 9. The van der Waals surface area contributed by atoms with Crippen molar-refractivity contribution in [1.82, 2.24) is 0 Å². The van der Waals surface area contributed by atoms with Crippen molar-refractivity contribution in [2.45, 2.75) is 161 Å². The summed E-state index contributed by atoms with van der Waals surface area (Å²) in [6, 6.07) is 0. The molecule has 0 aliphatic rings. The molecule has 0 heterocycles. The minimum atomic E-state index is -0.807. The molecule has 44 heavy (non-hydrogen) atoms. The topological polar surface area (TPSA) is 93.1 Å². The van der Waals surface area contributed by atoms with Crippen LogP contribution in [-0.2, 0) is 19.1 Å². The summed E-state index contributed by atoms with van der Waals surface area (Å²) in [5.41, 5.74) is 0. The van der Waals surface area contributed by atoms with Crippen LogP contribution in [-0.4, -0.2) is 47.6 Å². The number of aliphatic hydroxyl groups is 2. The molecule has 0 aliphatic carbocycles. The summed E-state index contributed by atoms with van der Waals surface area (Å²) in [5, 5.41) is 18.7. The van der Waals surface area contributed by atoms with Crippen molar-refractivity contribution in [3.63, 3.8) is 0 Å². The Morgan fingerprint density at radius 1 is 0.636 bits per heavy atom. The van der Waals surface area contributed by atoms with Gasteiger partial charge in [0.1, 0.15) is 6.61 Å². The van der Waals surface area contributed by atoms with Crippen LogP contribution in [0.2, 0.25) is 0 Å². The van der Waals surface area contributed by atoms with Gasteiger partial charge in [0, 0.05) is 12.8 Å². The Kier molecular flexibility index (Phi) is 30.6. The average molecular weight is 619 g/mol. The quantitative estimate of drug-likeness (QED) is 0.0473. The highest BCUT2D eigenvalue weighted by Crippen LogP contribution is 2.15. The molecule has 0 saturated carbocycles. The van der Waals surface area contributed by atoms with E-state index in [1.54, 1.807) is 0 Å². The standard InChI is InChI=1S/C38H66O6/c1-4-34(2)28-24-20-16-14-15-18-22-26-30-37(41)43-33-36(32-39)44-38(42)31-27-23-19-13-11-9-7-5-6-8-10-12-17-21-25-29-35(3)40/h6-9,12-13,17,19,34-36,39-40H,4-5,10-11,14-16,18,20-33H2,1-3H3/b8-6-,9-7-,17-12-,19-13-/t34?,35-,36-/m0/s1. The molecule has 2 N–H and O–H groups in total. The van der Waals surface area contributed by atoms with Gasteiger partial charge in [-0.05, 0) is 70.6 Å². The van der Waals surface area contributed by atoms with Crippen molar-refractivity contribution in [3.8, 4) is 0 Å². The van der Waals surface area contributed by atoms with Gasteiger partial charge in [-0.3, -0.25) is 9.59 Å². The third kappa shape index (κ3) is 31.3. The highest BCUT2D eigenvalue weighted by molar-refractivity contribution is 5.70. The maximum Gasteiger partial charge on any atom is 0.306 e. The van der Waals surface area contributed by atoms with Crippen LogP contribution in [0.3, 0.4) is 0 Å². The van der Waals surface area contributed by atoms with E-state index in [1.807, 2.05) is 6.92 Å². The summed E-state index contributed by atoms with van der Waals surface area (Å²) < 4.78 is 10.5. The summed E-state index contributed by atoms with van der Waals surface area (Å²) in [6.45, 7) is 5.96. The number of carbonyl (C=O) groups excluding carboxylic acids is 2. The molecule has 0 aliphatic heterocycles. The number of hydrogen-bond acceptors (Lipinski definition) is 6. The molecule has 6 heteroatoms. The Morgan fingerprint density at radius 2 is 1.14 bits per heavy atom. The maximum absolute atomic E-state index is 12.1. The third-order valence-electron chi connectivity index (χ3n) is 7.68. The lowest BCUT2D eigenvalue weighted by Crippen LogP contribution is -2.28. The van der Waals surface area contributed by atoms with Gasteiger partial charge < -0.3 is 19.7 Å². The van der Waals surface area contributed by atoms with Crippen LogP contribution >= 0.6 is 0 Å². The molecule has 254 valence electrons. The maximum atomic E-state index is 12.1. The molecule has 0 rings (SSSR count). The van der Waals surface area contributed by atoms with Crippen LogP contribution in [0.5, 0.6) is 0 Å². The minimum absolute atomic E-state index is 0.0966. The molecule has 0 fully saturated rings. The van der Waals surface area contributed by atoms with Crippen molar-refractivity contribution in [3.05, 3.63) is 48.6 Å². The highest BCUT2D eigenvalue weighted by Gasteiger charge is 2.15. The normalized spacial score (nSPS) is 14.2. The monoisotopic (exact) mass is 618 g/mol. The van der Waals surface area contributed by atoms with Gasteiger partial charge in [-0.15, -0.1) is 0 Å². The number of esters is 2. The number of carbonyl (C=O) groups is 2. The first kappa shape index (κ1) is 41.8. The number of rotatable bonds is 30.